The van der Waals surface area contributed by atoms with E-state index in [1.165, 1.54) is 13.3 Å². The summed E-state index contributed by atoms with van der Waals surface area (Å²) in [6.07, 6.45) is 4.03. The van der Waals surface area contributed by atoms with Crippen LogP contribution in [0.15, 0.2) is 30.5 Å². The maximum atomic E-state index is 15.0. The Hall–Kier alpha value is -3.41. The molecule has 11 heteroatoms. The van der Waals surface area contributed by atoms with Crippen LogP contribution in [0.2, 0.25) is 0 Å². The topological polar surface area (TPSA) is 128 Å². The number of fused-ring (bicyclic) bond motifs is 5. The van der Waals surface area contributed by atoms with Crippen LogP contribution < -0.4 is 20.1 Å². The van der Waals surface area contributed by atoms with Gasteiger partial charge in [0.2, 0.25) is 5.88 Å². The van der Waals surface area contributed by atoms with Gasteiger partial charge in [0.25, 0.3) is 5.91 Å². The Morgan fingerprint density at radius 3 is 2.76 bits per heavy atom. The predicted octanol–water partition coefficient (Wildman–Crippen LogP) is 2.67. The van der Waals surface area contributed by atoms with Crippen LogP contribution in [0.3, 0.4) is 0 Å². The van der Waals surface area contributed by atoms with Crippen molar-refractivity contribution in [3.8, 4) is 11.6 Å². The summed E-state index contributed by atoms with van der Waals surface area (Å²) in [6.45, 7) is 2.63. The number of carbonyl (C=O) groups is 1. The monoisotopic (exact) mass is 523 g/mol. The van der Waals surface area contributed by atoms with Crippen molar-refractivity contribution in [1.29, 1.82) is 0 Å². The average molecular weight is 524 g/mol. The van der Waals surface area contributed by atoms with E-state index < -0.39 is 17.0 Å². The molecule has 200 valence electrons. The number of carbonyl (C=O) groups excluding carboxylic acids is 1. The Morgan fingerprint density at radius 1 is 1.21 bits per heavy atom. The SMILES string of the molecule is COc1ccc2ncc(F)c(CC(C)(O)C34CCC(NCc5ccc6c(n5)NC(=O)CO6)(CC3)CO4)c2n1. The second-order valence-electron chi connectivity index (χ2n) is 10.7. The molecular formula is C27H30FN5O5. The van der Waals surface area contributed by atoms with Crippen LogP contribution >= 0.6 is 0 Å². The maximum absolute atomic E-state index is 15.0. The van der Waals surface area contributed by atoms with Crippen molar-refractivity contribution in [2.24, 2.45) is 0 Å². The lowest BCUT2D eigenvalue weighted by Crippen LogP contribution is -2.68. The molecule has 3 aliphatic heterocycles. The van der Waals surface area contributed by atoms with Gasteiger partial charge in [-0.15, -0.1) is 0 Å². The van der Waals surface area contributed by atoms with Gasteiger partial charge < -0.3 is 30.0 Å². The molecule has 0 aromatic carbocycles. The molecule has 4 aliphatic rings. The number of hydrogen-bond acceptors (Lipinski definition) is 9. The fourth-order valence-electron chi connectivity index (χ4n) is 5.86. The molecule has 2 bridgehead atoms. The van der Waals surface area contributed by atoms with E-state index in [-0.39, 0.29) is 24.5 Å². The van der Waals surface area contributed by atoms with Gasteiger partial charge in [-0.2, -0.15) is 0 Å². The fraction of sp³-hybridized carbons (Fsp3) is 0.481. The third-order valence-corrected chi connectivity index (χ3v) is 8.27. The van der Waals surface area contributed by atoms with Crippen LogP contribution in [0.1, 0.15) is 43.9 Å². The molecule has 6 heterocycles. The number of anilines is 1. The van der Waals surface area contributed by atoms with E-state index in [4.69, 9.17) is 14.2 Å². The quantitative estimate of drug-likeness (QED) is 0.428. The van der Waals surface area contributed by atoms with Crippen molar-refractivity contribution >= 4 is 22.8 Å². The number of ether oxygens (including phenoxy) is 3. The molecule has 0 spiro atoms. The van der Waals surface area contributed by atoms with Crippen molar-refractivity contribution in [1.82, 2.24) is 20.3 Å². The zero-order valence-corrected chi connectivity index (χ0v) is 21.3. The molecule has 1 unspecified atom stereocenters. The average Bonchev–Trinajstić information content (AvgIpc) is 2.94. The number of methoxy groups -OCH3 is 1. The van der Waals surface area contributed by atoms with E-state index in [0.717, 1.165) is 18.5 Å². The van der Waals surface area contributed by atoms with E-state index in [2.05, 4.69) is 25.6 Å². The first-order valence-electron chi connectivity index (χ1n) is 12.7. The molecule has 38 heavy (non-hydrogen) atoms. The summed E-state index contributed by atoms with van der Waals surface area (Å²) in [5, 5.41) is 18.1. The summed E-state index contributed by atoms with van der Waals surface area (Å²) >= 11 is 0. The Labute approximate surface area is 218 Å². The van der Waals surface area contributed by atoms with E-state index >= 15 is 0 Å². The van der Waals surface area contributed by atoms with Gasteiger partial charge in [0.05, 0.1) is 47.8 Å². The number of hydrogen-bond donors (Lipinski definition) is 3. The third-order valence-electron chi connectivity index (χ3n) is 8.27. The summed E-state index contributed by atoms with van der Waals surface area (Å²) in [5.41, 5.74) is -0.399. The third kappa shape index (κ3) is 4.24. The normalized spacial score (nSPS) is 25.8. The summed E-state index contributed by atoms with van der Waals surface area (Å²) in [7, 11) is 1.50. The summed E-state index contributed by atoms with van der Waals surface area (Å²) < 4.78 is 32.0. The molecule has 3 aromatic heterocycles. The molecule has 0 radical (unpaired) electrons. The minimum absolute atomic E-state index is 0.00696. The van der Waals surface area contributed by atoms with Gasteiger partial charge in [0.15, 0.2) is 18.2 Å². The minimum Gasteiger partial charge on any atom is -0.481 e. The molecular weight excluding hydrogens is 493 g/mol. The van der Waals surface area contributed by atoms with Crippen molar-refractivity contribution in [2.45, 2.75) is 62.3 Å². The summed E-state index contributed by atoms with van der Waals surface area (Å²) in [5.74, 6) is 0.606. The highest BCUT2D eigenvalue weighted by atomic mass is 19.1. The molecule has 3 aromatic rings. The standard InChI is InChI=1S/C27H30FN5O5/c1-25(35,11-17-18(28)13-29-19-4-6-22(36-2)33-23(17)19)27-9-7-26(8-10-27,15-38-27)30-12-16-3-5-20-24(31-16)32-21(34)14-37-20/h3-6,13,30,35H,7-12,14-15H2,1-2H3,(H,31,32,34). The molecule has 10 nitrogen and oxygen atoms in total. The van der Waals surface area contributed by atoms with Crippen LogP contribution in [0, 0.1) is 5.82 Å². The zero-order valence-electron chi connectivity index (χ0n) is 21.3. The Bertz CT molecular complexity index is 1390. The fourth-order valence-corrected chi connectivity index (χ4v) is 5.86. The molecule has 7 rings (SSSR count). The van der Waals surface area contributed by atoms with E-state index in [1.54, 1.807) is 19.1 Å². The zero-order chi connectivity index (χ0) is 26.5. The second kappa shape index (κ2) is 9.11. The molecule has 1 saturated carbocycles. The van der Waals surface area contributed by atoms with Crippen molar-refractivity contribution in [2.75, 3.05) is 25.6 Å². The number of halogens is 1. The number of aromatic nitrogens is 3. The van der Waals surface area contributed by atoms with Crippen molar-refractivity contribution in [3.05, 3.63) is 47.5 Å². The first-order valence-corrected chi connectivity index (χ1v) is 12.7. The highest BCUT2D eigenvalue weighted by molar-refractivity contribution is 5.94. The van der Waals surface area contributed by atoms with Gasteiger partial charge in [-0.1, -0.05) is 0 Å². The smallest absolute Gasteiger partial charge is 0.263 e. The molecule has 2 saturated heterocycles. The van der Waals surface area contributed by atoms with E-state index in [1.807, 2.05) is 12.1 Å². The molecule has 1 amide bonds. The number of pyridine rings is 3. The van der Waals surface area contributed by atoms with Crippen molar-refractivity contribution < 1.29 is 28.5 Å². The van der Waals surface area contributed by atoms with E-state index in [0.29, 0.717) is 60.0 Å². The highest BCUT2D eigenvalue weighted by Crippen LogP contribution is 2.50. The number of nitrogens with zero attached hydrogens (tertiary/aromatic N) is 3. The molecule has 3 fully saturated rings. The van der Waals surface area contributed by atoms with Gasteiger partial charge in [0.1, 0.15) is 5.82 Å². The largest absolute Gasteiger partial charge is 0.481 e. The van der Waals surface area contributed by atoms with Gasteiger partial charge >= 0.3 is 0 Å². The Kier molecular flexibility index (Phi) is 5.97. The number of rotatable bonds is 7. The lowest BCUT2D eigenvalue weighted by Gasteiger charge is -2.58. The van der Waals surface area contributed by atoms with Gasteiger partial charge in [-0.25, -0.2) is 14.4 Å². The number of nitrogens with one attached hydrogen (secondary N) is 2. The van der Waals surface area contributed by atoms with Crippen LogP contribution in [0.5, 0.6) is 11.6 Å². The Balaban J connectivity index is 1.16. The number of amides is 1. The van der Waals surface area contributed by atoms with Crippen LogP contribution in [-0.2, 0) is 22.5 Å². The second-order valence-corrected chi connectivity index (χ2v) is 10.7. The summed E-state index contributed by atoms with van der Waals surface area (Å²) in [4.78, 5) is 24.7. The number of aliphatic hydroxyl groups is 1. The lowest BCUT2D eigenvalue weighted by molar-refractivity contribution is -0.244. The minimum atomic E-state index is -1.34. The lowest BCUT2D eigenvalue weighted by atomic mass is 9.63. The Morgan fingerprint density at radius 2 is 2.03 bits per heavy atom. The first kappa shape index (κ1) is 24.9. The molecule has 1 aliphatic carbocycles. The molecule has 3 N–H and O–H groups in total. The van der Waals surface area contributed by atoms with Crippen molar-refractivity contribution in [3.63, 3.8) is 0 Å². The van der Waals surface area contributed by atoms with Crippen LogP contribution in [0.25, 0.3) is 11.0 Å². The maximum Gasteiger partial charge on any atom is 0.263 e. The van der Waals surface area contributed by atoms with Gasteiger partial charge in [0, 0.05) is 30.1 Å². The van der Waals surface area contributed by atoms with Gasteiger partial charge in [-0.05, 0) is 50.8 Å². The first-order chi connectivity index (χ1) is 18.2. The summed E-state index contributed by atoms with van der Waals surface area (Å²) in [6, 6.07) is 7.09. The van der Waals surface area contributed by atoms with Crippen LogP contribution in [-0.4, -0.2) is 63.0 Å². The predicted molar refractivity (Wildman–Crippen MR) is 135 cm³/mol. The van der Waals surface area contributed by atoms with Gasteiger partial charge in [-0.3, -0.25) is 9.78 Å². The van der Waals surface area contributed by atoms with Crippen LogP contribution in [0.4, 0.5) is 10.2 Å². The highest BCUT2D eigenvalue weighted by Gasteiger charge is 2.58. The van der Waals surface area contributed by atoms with E-state index in [9.17, 15) is 14.3 Å². The molecule has 1 atom stereocenters.